The molecule has 0 spiro atoms. The fraction of sp³-hybridized carbons (Fsp3) is 0.286. The number of benzene rings is 4. The van der Waals surface area contributed by atoms with Gasteiger partial charge in [0.1, 0.15) is 0 Å². The molecule has 2 aliphatic rings. The zero-order valence-corrected chi connectivity index (χ0v) is 22.7. The zero-order valence-electron chi connectivity index (χ0n) is 22.7. The maximum Gasteiger partial charge on any atom is 0.309 e. The number of carboxylic acids is 1. The molecule has 40 heavy (non-hydrogen) atoms. The van der Waals surface area contributed by atoms with Crippen LogP contribution in [0, 0.1) is 5.92 Å². The summed E-state index contributed by atoms with van der Waals surface area (Å²) in [7, 11) is 0. The summed E-state index contributed by atoms with van der Waals surface area (Å²) in [5.74, 6) is -0.743. The van der Waals surface area contributed by atoms with Gasteiger partial charge in [-0.2, -0.15) is 0 Å². The number of carboxylic acid groups (broad SMARTS) is 1. The van der Waals surface area contributed by atoms with Gasteiger partial charge in [-0.1, -0.05) is 109 Å². The normalized spacial score (nSPS) is 22.5. The quantitative estimate of drug-likeness (QED) is 0.296. The molecule has 4 atom stereocenters. The Kier molecular flexibility index (Phi) is 9.40. The monoisotopic (exact) mass is 535 g/mol. The second-order valence-electron chi connectivity index (χ2n) is 10.5. The van der Waals surface area contributed by atoms with Gasteiger partial charge in [-0.15, -0.1) is 0 Å². The summed E-state index contributed by atoms with van der Waals surface area (Å²) in [5, 5.41) is 9.32. The molecule has 4 aromatic rings. The lowest BCUT2D eigenvalue weighted by Crippen LogP contribution is -2.37. The van der Waals surface area contributed by atoms with Gasteiger partial charge in [0.05, 0.1) is 19.1 Å². The third kappa shape index (κ3) is 6.86. The summed E-state index contributed by atoms with van der Waals surface area (Å²) in [6.45, 7) is 2.43. The molecule has 0 unspecified atom stereocenters. The van der Waals surface area contributed by atoms with Crippen LogP contribution >= 0.6 is 0 Å². The van der Waals surface area contributed by atoms with Crippen LogP contribution in [0.2, 0.25) is 0 Å². The van der Waals surface area contributed by atoms with Crippen LogP contribution in [0.1, 0.15) is 35.8 Å². The van der Waals surface area contributed by atoms with Crippen LogP contribution in [0.5, 0.6) is 0 Å². The van der Waals surface area contributed by atoms with Crippen molar-refractivity contribution in [2.75, 3.05) is 26.4 Å². The fourth-order valence-corrected chi connectivity index (χ4v) is 5.66. The topological polar surface area (TPSA) is 81.8 Å². The van der Waals surface area contributed by atoms with Gasteiger partial charge < -0.3 is 20.3 Å². The van der Waals surface area contributed by atoms with Crippen molar-refractivity contribution in [3.8, 4) is 22.3 Å². The lowest BCUT2D eigenvalue weighted by Gasteiger charge is -2.29. The van der Waals surface area contributed by atoms with E-state index in [1.165, 1.54) is 22.3 Å². The number of ether oxygens (including phenoxy) is 2. The van der Waals surface area contributed by atoms with Gasteiger partial charge >= 0.3 is 5.97 Å². The molecule has 2 fully saturated rings. The third-order valence-corrected chi connectivity index (χ3v) is 7.97. The lowest BCUT2D eigenvalue weighted by molar-refractivity contribution is -0.147. The van der Waals surface area contributed by atoms with Crippen molar-refractivity contribution in [3.05, 3.63) is 120 Å². The number of carbonyl (C=O) groups is 1. The van der Waals surface area contributed by atoms with E-state index < -0.39 is 11.9 Å². The van der Waals surface area contributed by atoms with E-state index in [4.69, 9.17) is 15.2 Å². The maximum absolute atomic E-state index is 11.3. The summed E-state index contributed by atoms with van der Waals surface area (Å²) >= 11 is 0. The largest absolute Gasteiger partial charge is 0.481 e. The number of hydrogen-bond donors (Lipinski definition) is 2. The van der Waals surface area contributed by atoms with Crippen molar-refractivity contribution >= 4 is 5.97 Å². The number of hydrogen-bond acceptors (Lipinski definition) is 4. The van der Waals surface area contributed by atoms with Gasteiger partial charge in [0, 0.05) is 31.1 Å². The Morgan fingerprint density at radius 3 is 1.50 bits per heavy atom. The first-order valence-electron chi connectivity index (χ1n) is 14.0. The Hall–Kier alpha value is -3.77. The molecule has 0 aliphatic carbocycles. The zero-order chi connectivity index (χ0) is 27.7. The highest BCUT2D eigenvalue weighted by Gasteiger charge is 2.32. The van der Waals surface area contributed by atoms with E-state index in [2.05, 4.69) is 72.8 Å². The third-order valence-electron chi connectivity index (χ3n) is 7.97. The Morgan fingerprint density at radius 2 is 1.02 bits per heavy atom. The summed E-state index contributed by atoms with van der Waals surface area (Å²) < 4.78 is 10.7. The van der Waals surface area contributed by atoms with Crippen LogP contribution in [0.25, 0.3) is 22.3 Å². The van der Waals surface area contributed by atoms with E-state index in [0.717, 1.165) is 30.6 Å². The van der Waals surface area contributed by atoms with Crippen molar-refractivity contribution < 1.29 is 19.4 Å². The molecule has 3 N–H and O–H groups in total. The standard InChI is InChI=1S/C18H18O3.C17H19NO/c19-18(20)17-12-21-11-10-16(17)15-8-6-14(7-9-15)13-4-2-1-3-5-13;18-17-12-19-11-10-16(17)15-8-6-14(7-9-15)13-4-2-1-3-5-13/h1-9,16-17H,10-12H2,(H,19,20);1-9,16-17H,10-12,18H2/t2*16-,17-/m11/s1. The van der Waals surface area contributed by atoms with E-state index in [1.807, 2.05) is 36.4 Å². The predicted octanol–water partition coefficient (Wildman–Crippen LogP) is 6.74. The van der Waals surface area contributed by atoms with Crippen molar-refractivity contribution in [1.29, 1.82) is 0 Å². The number of rotatable bonds is 5. The first-order valence-corrected chi connectivity index (χ1v) is 14.0. The van der Waals surface area contributed by atoms with Gasteiger partial charge in [0.2, 0.25) is 0 Å². The van der Waals surface area contributed by atoms with Crippen LogP contribution in [-0.4, -0.2) is 43.5 Å². The molecule has 0 saturated carbocycles. The minimum atomic E-state index is -0.771. The first kappa shape index (κ1) is 27.8. The van der Waals surface area contributed by atoms with Gasteiger partial charge in [0.15, 0.2) is 0 Å². The Labute approximate surface area is 236 Å². The molecule has 4 aromatic carbocycles. The lowest BCUT2D eigenvalue weighted by atomic mass is 9.82. The molecule has 5 nitrogen and oxygen atoms in total. The Bertz CT molecular complexity index is 1340. The van der Waals surface area contributed by atoms with E-state index >= 15 is 0 Å². The molecule has 0 amide bonds. The van der Waals surface area contributed by atoms with Crippen LogP contribution in [-0.2, 0) is 14.3 Å². The molecule has 0 bridgehead atoms. The summed E-state index contributed by atoms with van der Waals surface area (Å²) in [4.78, 5) is 11.3. The highest BCUT2D eigenvalue weighted by Crippen LogP contribution is 2.33. The summed E-state index contributed by atoms with van der Waals surface area (Å²) in [5.41, 5.74) is 13.4. The number of nitrogens with two attached hydrogens (primary N) is 1. The molecule has 2 aliphatic heterocycles. The Morgan fingerprint density at radius 1 is 0.600 bits per heavy atom. The van der Waals surface area contributed by atoms with Crippen molar-refractivity contribution in [2.24, 2.45) is 11.7 Å². The molecule has 0 aromatic heterocycles. The summed E-state index contributed by atoms with van der Waals surface area (Å²) in [6.07, 6.45) is 1.79. The van der Waals surface area contributed by atoms with Gasteiger partial charge in [-0.05, 0) is 46.2 Å². The predicted molar refractivity (Wildman–Crippen MR) is 159 cm³/mol. The smallest absolute Gasteiger partial charge is 0.309 e. The van der Waals surface area contributed by atoms with E-state index in [9.17, 15) is 9.90 Å². The molecular formula is C35H37NO4. The highest BCUT2D eigenvalue weighted by atomic mass is 16.5. The van der Waals surface area contributed by atoms with Crippen LogP contribution < -0.4 is 5.73 Å². The van der Waals surface area contributed by atoms with Crippen LogP contribution in [0.3, 0.4) is 0 Å². The second kappa shape index (κ2) is 13.5. The maximum atomic E-state index is 11.3. The SMILES string of the molecule is N[C@@H]1COCC[C@@H]1c1ccc(-c2ccccc2)cc1.O=C(O)[C@@H]1COCC[C@@H]1c1ccc(-c2ccccc2)cc1. The van der Waals surface area contributed by atoms with Crippen molar-refractivity contribution in [1.82, 2.24) is 0 Å². The van der Waals surface area contributed by atoms with Crippen LogP contribution in [0.4, 0.5) is 0 Å². The second-order valence-corrected chi connectivity index (χ2v) is 10.5. The van der Waals surface area contributed by atoms with Gasteiger partial charge in [-0.3, -0.25) is 4.79 Å². The minimum Gasteiger partial charge on any atom is -0.481 e. The minimum absolute atomic E-state index is 0.0427. The van der Waals surface area contributed by atoms with Crippen molar-refractivity contribution in [2.45, 2.75) is 30.7 Å². The van der Waals surface area contributed by atoms with E-state index in [-0.39, 0.29) is 12.0 Å². The molecule has 2 heterocycles. The average Bonchev–Trinajstić information content (AvgIpc) is 3.03. The van der Waals surface area contributed by atoms with E-state index in [1.54, 1.807) is 0 Å². The van der Waals surface area contributed by atoms with Crippen molar-refractivity contribution in [3.63, 3.8) is 0 Å². The number of aliphatic carboxylic acids is 1. The Balaban J connectivity index is 0.000000162. The molecule has 0 radical (unpaired) electrons. The molecule has 5 heteroatoms. The molecule has 6 rings (SSSR count). The fourth-order valence-electron chi connectivity index (χ4n) is 5.66. The van der Waals surface area contributed by atoms with Gasteiger partial charge in [0.25, 0.3) is 0 Å². The molecular weight excluding hydrogens is 498 g/mol. The first-order chi connectivity index (χ1) is 19.6. The highest BCUT2D eigenvalue weighted by molar-refractivity contribution is 5.72. The molecule has 2 saturated heterocycles. The van der Waals surface area contributed by atoms with Gasteiger partial charge in [-0.25, -0.2) is 0 Å². The molecule has 206 valence electrons. The summed E-state index contributed by atoms with van der Waals surface area (Å²) in [6, 6.07) is 37.8. The van der Waals surface area contributed by atoms with E-state index in [0.29, 0.717) is 25.7 Å². The van der Waals surface area contributed by atoms with Crippen LogP contribution in [0.15, 0.2) is 109 Å². The average molecular weight is 536 g/mol.